The molecule has 1 rings (SSSR count). The number of ketones is 1. The van der Waals surface area contributed by atoms with Crippen LogP contribution < -0.4 is 0 Å². The molecule has 0 amide bonds. The molecule has 0 saturated carbocycles. The largest absolute Gasteiger partial charge is 0.465 e. The molecule has 0 aliphatic heterocycles. The minimum Gasteiger partial charge on any atom is -0.465 e. The van der Waals surface area contributed by atoms with Gasteiger partial charge in [0.1, 0.15) is 5.76 Å². The van der Waals surface area contributed by atoms with Gasteiger partial charge in [0, 0.05) is 0 Å². The molecule has 2 heteroatoms. The van der Waals surface area contributed by atoms with E-state index in [0.717, 1.165) is 5.76 Å². The summed E-state index contributed by atoms with van der Waals surface area (Å²) < 4.78 is 5.03. The molecule has 2 nitrogen and oxygen atoms in total. The Morgan fingerprint density at radius 3 is 2.73 bits per heavy atom. The molecular weight excluding hydrogens is 140 g/mol. The van der Waals surface area contributed by atoms with Gasteiger partial charge in [-0.15, -0.1) is 0 Å². The Balaban J connectivity index is 2.82. The zero-order valence-corrected chi connectivity index (χ0v) is 6.63. The third kappa shape index (κ3) is 2.08. The van der Waals surface area contributed by atoms with Gasteiger partial charge in [-0.05, 0) is 37.6 Å². The van der Waals surface area contributed by atoms with Crippen LogP contribution in [0.3, 0.4) is 0 Å². The monoisotopic (exact) mass is 150 g/mol. The summed E-state index contributed by atoms with van der Waals surface area (Å²) in [5, 5.41) is 0. The van der Waals surface area contributed by atoms with Crippen LogP contribution in [0.2, 0.25) is 0 Å². The highest BCUT2D eigenvalue weighted by Crippen LogP contribution is 2.06. The lowest BCUT2D eigenvalue weighted by Gasteiger charge is -1.90. The number of hydrogen-bond acceptors (Lipinski definition) is 2. The molecule has 0 unspecified atom stereocenters. The van der Waals surface area contributed by atoms with Crippen molar-refractivity contribution in [1.29, 1.82) is 0 Å². The standard InChI is InChI=1S/C9H10O2/c1-7(8(2)10)6-9-4-3-5-11-9/h3-6H,1-2H3/b7-6+. The van der Waals surface area contributed by atoms with Gasteiger partial charge in [0.25, 0.3) is 0 Å². The number of furan rings is 1. The SMILES string of the molecule is CC(=O)/C(C)=C/c1ccco1. The van der Waals surface area contributed by atoms with Crippen molar-refractivity contribution in [3.8, 4) is 0 Å². The third-order valence-corrected chi connectivity index (χ3v) is 1.46. The van der Waals surface area contributed by atoms with Crippen LogP contribution >= 0.6 is 0 Å². The second kappa shape index (κ2) is 3.19. The zero-order valence-electron chi connectivity index (χ0n) is 6.63. The van der Waals surface area contributed by atoms with E-state index in [-0.39, 0.29) is 5.78 Å². The average Bonchev–Trinajstić information content (AvgIpc) is 2.39. The predicted molar refractivity (Wildman–Crippen MR) is 43.0 cm³/mol. The summed E-state index contributed by atoms with van der Waals surface area (Å²) in [6.45, 7) is 3.31. The molecule has 0 aromatic carbocycles. The summed E-state index contributed by atoms with van der Waals surface area (Å²) in [7, 11) is 0. The molecule has 1 heterocycles. The van der Waals surface area contributed by atoms with Crippen molar-refractivity contribution >= 4 is 11.9 Å². The summed E-state index contributed by atoms with van der Waals surface area (Å²) in [6.07, 6.45) is 3.31. The van der Waals surface area contributed by atoms with E-state index in [1.165, 1.54) is 6.92 Å². The zero-order chi connectivity index (χ0) is 8.27. The first-order valence-corrected chi connectivity index (χ1v) is 3.43. The van der Waals surface area contributed by atoms with Crippen LogP contribution in [-0.2, 0) is 4.79 Å². The molecule has 0 saturated heterocycles. The quantitative estimate of drug-likeness (QED) is 0.605. The summed E-state index contributed by atoms with van der Waals surface area (Å²) in [6, 6.07) is 3.60. The van der Waals surface area contributed by atoms with E-state index >= 15 is 0 Å². The van der Waals surface area contributed by atoms with Crippen molar-refractivity contribution in [1.82, 2.24) is 0 Å². The molecular formula is C9H10O2. The maximum atomic E-state index is 10.8. The van der Waals surface area contributed by atoms with E-state index < -0.39 is 0 Å². The van der Waals surface area contributed by atoms with Crippen LogP contribution in [0.5, 0.6) is 0 Å². The Morgan fingerprint density at radius 2 is 2.27 bits per heavy atom. The predicted octanol–water partition coefficient (Wildman–Crippen LogP) is 2.27. The molecule has 0 radical (unpaired) electrons. The number of carbonyl (C=O) groups is 1. The van der Waals surface area contributed by atoms with Gasteiger partial charge in [-0.1, -0.05) is 0 Å². The lowest BCUT2D eigenvalue weighted by molar-refractivity contribution is -0.113. The minimum atomic E-state index is 0.0707. The summed E-state index contributed by atoms with van der Waals surface area (Å²) in [5.41, 5.74) is 0.708. The highest BCUT2D eigenvalue weighted by atomic mass is 16.3. The van der Waals surface area contributed by atoms with Crippen molar-refractivity contribution in [2.45, 2.75) is 13.8 Å². The molecule has 0 aliphatic carbocycles. The smallest absolute Gasteiger partial charge is 0.155 e. The van der Waals surface area contributed by atoms with Gasteiger partial charge < -0.3 is 4.42 Å². The molecule has 0 fully saturated rings. The number of rotatable bonds is 2. The van der Waals surface area contributed by atoms with Gasteiger partial charge in [0.2, 0.25) is 0 Å². The maximum absolute atomic E-state index is 10.8. The molecule has 0 spiro atoms. The topological polar surface area (TPSA) is 30.2 Å². The third-order valence-electron chi connectivity index (χ3n) is 1.46. The summed E-state index contributed by atoms with van der Waals surface area (Å²) in [5.74, 6) is 0.791. The fourth-order valence-corrected chi connectivity index (χ4v) is 0.688. The molecule has 1 aromatic heterocycles. The van der Waals surface area contributed by atoms with Crippen LogP contribution in [0.15, 0.2) is 28.4 Å². The first-order valence-electron chi connectivity index (χ1n) is 3.43. The van der Waals surface area contributed by atoms with Crippen molar-refractivity contribution in [2.75, 3.05) is 0 Å². The van der Waals surface area contributed by atoms with Crippen LogP contribution in [0.25, 0.3) is 6.08 Å². The summed E-state index contributed by atoms with van der Waals surface area (Å²) >= 11 is 0. The van der Waals surface area contributed by atoms with Gasteiger partial charge in [0.05, 0.1) is 6.26 Å². The van der Waals surface area contributed by atoms with Crippen molar-refractivity contribution < 1.29 is 9.21 Å². The van der Waals surface area contributed by atoms with Crippen LogP contribution in [0.4, 0.5) is 0 Å². The number of allylic oxidation sites excluding steroid dienone is 1. The van der Waals surface area contributed by atoms with E-state index in [0.29, 0.717) is 5.57 Å². The Kier molecular flexibility index (Phi) is 2.26. The Bertz CT molecular complexity index is 268. The average molecular weight is 150 g/mol. The molecule has 0 atom stereocenters. The Hall–Kier alpha value is -1.31. The van der Waals surface area contributed by atoms with E-state index in [1.807, 2.05) is 6.07 Å². The fourth-order valence-electron chi connectivity index (χ4n) is 0.688. The normalized spacial score (nSPS) is 11.6. The first-order chi connectivity index (χ1) is 5.20. The van der Waals surface area contributed by atoms with E-state index in [4.69, 9.17) is 4.42 Å². The van der Waals surface area contributed by atoms with Crippen LogP contribution in [0.1, 0.15) is 19.6 Å². The number of hydrogen-bond donors (Lipinski definition) is 0. The molecule has 0 N–H and O–H groups in total. The Labute approximate surface area is 65.5 Å². The van der Waals surface area contributed by atoms with Gasteiger partial charge in [0.15, 0.2) is 5.78 Å². The highest BCUT2D eigenvalue weighted by molar-refractivity contribution is 5.96. The second-order valence-electron chi connectivity index (χ2n) is 2.40. The van der Waals surface area contributed by atoms with Gasteiger partial charge in [-0.3, -0.25) is 4.79 Å². The summed E-state index contributed by atoms with van der Waals surface area (Å²) in [4.78, 5) is 10.8. The number of carbonyl (C=O) groups excluding carboxylic acids is 1. The highest BCUT2D eigenvalue weighted by Gasteiger charge is 1.96. The lowest BCUT2D eigenvalue weighted by Crippen LogP contribution is -1.89. The van der Waals surface area contributed by atoms with Crippen molar-refractivity contribution in [2.24, 2.45) is 0 Å². The van der Waals surface area contributed by atoms with Crippen LogP contribution in [0, 0.1) is 0 Å². The van der Waals surface area contributed by atoms with Crippen LogP contribution in [-0.4, -0.2) is 5.78 Å². The van der Waals surface area contributed by atoms with E-state index in [9.17, 15) is 4.79 Å². The van der Waals surface area contributed by atoms with Gasteiger partial charge >= 0.3 is 0 Å². The van der Waals surface area contributed by atoms with Crippen molar-refractivity contribution in [3.05, 3.63) is 29.7 Å². The fraction of sp³-hybridized carbons (Fsp3) is 0.222. The van der Waals surface area contributed by atoms with E-state index in [2.05, 4.69) is 0 Å². The molecule has 11 heavy (non-hydrogen) atoms. The van der Waals surface area contributed by atoms with Crippen molar-refractivity contribution in [3.63, 3.8) is 0 Å². The second-order valence-corrected chi connectivity index (χ2v) is 2.40. The lowest BCUT2D eigenvalue weighted by atomic mass is 10.2. The molecule has 58 valence electrons. The van der Waals surface area contributed by atoms with Gasteiger partial charge in [-0.25, -0.2) is 0 Å². The maximum Gasteiger partial charge on any atom is 0.155 e. The Morgan fingerprint density at radius 1 is 1.55 bits per heavy atom. The van der Waals surface area contributed by atoms with E-state index in [1.54, 1.807) is 25.3 Å². The molecule has 1 aromatic rings. The first kappa shape index (κ1) is 7.79. The molecule has 0 aliphatic rings. The molecule has 0 bridgehead atoms. The van der Waals surface area contributed by atoms with Gasteiger partial charge in [-0.2, -0.15) is 0 Å². The number of Topliss-reactive ketones (excluding diaryl/α,β-unsaturated/α-hetero) is 1. The minimum absolute atomic E-state index is 0.0707.